The Labute approximate surface area is 146 Å². The van der Waals surface area contributed by atoms with Gasteiger partial charge in [-0.15, -0.1) is 0 Å². The molecule has 1 atom stereocenters. The molecule has 2 aromatic rings. The summed E-state index contributed by atoms with van der Waals surface area (Å²) in [6.45, 7) is 2.03. The predicted octanol–water partition coefficient (Wildman–Crippen LogP) is 4.05. The molecule has 0 aliphatic rings. The minimum Gasteiger partial charge on any atom is -0.481 e. The maximum Gasteiger partial charge on any atom is 0.303 e. The summed E-state index contributed by atoms with van der Waals surface area (Å²) in [7, 11) is 0. The molecule has 0 aliphatic heterocycles. The van der Waals surface area contributed by atoms with Gasteiger partial charge in [0.15, 0.2) is 0 Å². The van der Waals surface area contributed by atoms with Gasteiger partial charge in [-0.25, -0.2) is 0 Å². The van der Waals surface area contributed by atoms with Crippen LogP contribution >= 0.6 is 0 Å². The number of nitrogens with zero attached hydrogens (tertiary/aromatic N) is 1. The summed E-state index contributed by atoms with van der Waals surface area (Å²) in [6.07, 6.45) is 1.97. The van der Waals surface area contributed by atoms with Crippen LogP contribution in [0.4, 0.5) is 11.4 Å². The van der Waals surface area contributed by atoms with Crippen LogP contribution in [0.3, 0.4) is 0 Å². The Balaban J connectivity index is 1.92. The van der Waals surface area contributed by atoms with E-state index in [1.165, 1.54) is 6.07 Å². The molecule has 0 amide bonds. The number of para-hydroxylation sites is 1. The third-order valence-corrected chi connectivity index (χ3v) is 4.00. The van der Waals surface area contributed by atoms with Gasteiger partial charge in [0.2, 0.25) is 0 Å². The lowest BCUT2D eigenvalue weighted by Crippen LogP contribution is -2.16. The molecule has 6 heteroatoms. The zero-order valence-electron chi connectivity index (χ0n) is 14.1. The zero-order chi connectivity index (χ0) is 18.2. The van der Waals surface area contributed by atoms with E-state index in [4.69, 9.17) is 5.11 Å². The van der Waals surface area contributed by atoms with Crippen molar-refractivity contribution in [2.45, 2.75) is 38.6 Å². The van der Waals surface area contributed by atoms with Crippen LogP contribution in [0.25, 0.3) is 0 Å². The molecule has 0 saturated heterocycles. The van der Waals surface area contributed by atoms with Crippen molar-refractivity contribution in [3.63, 3.8) is 0 Å². The molecule has 1 unspecified atom stereocenters. The van der Waals surface area contributed by atoms with Crippen LogP contribution in [0.1, 0.15) is 30.9 Å². The summed E-state index contributed by atoms with van der Waals surface area (Å²) >= 11 is 0. The molecule has 0 radical (unpaired) electrons. The van der Waals surface area contributed by atoms with Gasteiger partial charge in [-0.3, -0.25) is 14.9 Å². The Morgan fingerprint density at radius 2 is 1.96 bits per heavy atom. The van der Waals surface area contributed by atoms with Crippen LogP contribution in [0, 0.1) is 10.1 Å². The van der Waals surface area contributed by atoms with Crippen molar-refractivity contribution in [1.82, 2.24) is 0 Å². The second-order valence-corrected chi connectivity index (χ2v) is 6.06. The highest BCUT2D eigenvalue weighted by atomic mass is 16.6. The molecular weight excluding hydrogens is 320 g/mol. The third kappa shape index (κ3) is 5.91. The largest absolute Gasteiger partial charge is 0.481 e. The molecule has 0 aliphatic carbocycles. The first-order chi connectivity index (χ1) is 12.0. The summed E-state index contributed by atoms with van der Waals surface area (Å²) in [6, 6.07) is 14.6. The van der Waals surface area contributed by atoms with Gasteiger partial charge >= 0.3 is 5.97 Å². The first-order valence-corrected chi connectivity index (χ1v) is 8.25. The number of anilines is 1. The first-order valence-electron chi connectivity index (χ1n) is 8.25. The van der Waals surface area contributed by atoms with E-state index in [0.717, 1.165) is 23.2 Å². The summed E-state index contributed by atoms with van der Waals surface area (Å²) in [5.41, 5.74) is 2.79. The topological polar surface area (TPSA) is 92.5 Å². The van der Waals surface area contributed by atoms with E-state index in [0.29, 0.717) is 12.8 Å². The number of aryl methyl sites for hydroxylation is 2. The summed E-state index contributed by atoms with van der Waals surface area (Å²) in [4.78, 5) is 21.4. The number of rotatable bonds is 9. The van der Waals surface area contributed by atoms with Crippen molar-refractivity contribution < 1.29 is 14.8 Å². The fourth-order valence-corrected chi connectivity index (χ4v) is 2.70. The third-order valence-electron chi connectivity index (χ3n) is 4.00. The number of hydrogen-bond acceptors (Lipinski definition) is 4. The standard InChI is InChI=1S/C19H22N2O4/c1-14(9-11-16-6-2-3-8-18(16)21(24)25)20-17-7-4-5-15(13-17)10-12-19(22)23/h2-8,13-14,20H,9-12H2,1H3,(H,22,23). The number of aliphatic carboxylic acids is 1. The Hall–Kier alpha value is -2.89. The van der Waals surface area contributed by atoms with Crippen LogP contribution in [0.15, 0.2) is 48.5 Å². The van der Waals surface area contributed by atoms with E-state index in [2.05, 4.69) is 5.32 Å². The van der Waals surface area contributed by atoms with Crippen LogP contribution in [-0.2, 0) is 17.6 Å². The van der Waals surface area contributed by atoms with Crippen LogP contribution in [0.2, 0.25) is 0 Å². The average Bonchev–Trinajstić information content (AvgIpc) is 2.58. The molecule has 0 aromatic heterocycles. The number of nitrogens with one attached hydrogen (secondary N) is 1. The fourth-order valence-electron chi connectivity index (χ4n) is 2.70. The monoisotopic (exact) mass is 342 g/mol. The van der Waals surface area contributed by atoms with Crippen molar-refractivity contribution in [3.8, 4) is 0 Å². The second kappa shape index (κ2) is 8.82. The lowest BCUT2D eigenvalue weighted by atomic mass is 10.0. The van der Waals surface area contributed by atoms with Crippen LogP contribution in [-0.4, -0.2) is 22.0 Å². The molecule has 0 bridgehead atoms. The minimum absolute atomic E-state index is 0.108. The van der Waals surface area contributed by atoms with Gasteiger partial charge in [0.05, 0.1) is 4.92 Å². The van der Waals surface area contributed by atoms with Gasteiger partial charge in [-0.2, -0.15) is 0 Å². The Morgan fingerprint density at radius 3 is 2.68 bits per heavy atom. The summed E-state index contributed by atoms with van der Waals surface area (Å²) < 4.78 is 0. The number of hydrogen-bond donors (Lipinski definition) is 2. The van der Waals surface area contributed by atoms with E-state index in [-0.39, 0.29) is 23.1 Å². The lowest BCUT2D eigenvalue weighted by Gasteiger charge is -2.16. The number of carboxylic acid groups (broad SMARTS) is 1. The van der Waals surface area contributed by atoms with Gasteiger partial charge in [0.1, 0.15) is 0 Å². The lowest BCUT2D eigenvalue weighted by molar-refractivity contribution is -0.385. The molecule has 0 heterocycles. The summed E-state index contributed by atoms with van der Waals surface area (Å²) in [5, 5.41) is 23.2. The van der Waals surface area contributed by atoms with E-state index in [9.17, 15) is 14.9 Å². The van der Waals surface area contributed by atoms with Crippen molar-refractivity contribution in [3.05, 3.63) is 69.8 Å². The Bertz CT molecular complexity index is 746. The van der Waals surface area contributed by atoms with Gasteiger partial charge in [-0.05, 0) is 43.9 Å². The molecule has 0 spiro atoms. The van der Waals surface area contributed by atoms with E-state index >= 15 is 0 Å². The zero-order valence-corrected chi connectivity index (χ0v) is 14.1. The summed E-state index contributed by atoms with van der Waals surface area (Å²) in [5.74, 6) is -0.809. The number of nitro benzene ring substituents is 1. The first kappa shape index (κ1) is 18.4. The molecular formula is C19H22N2O4. The SMILES string of the molecule is CC(CCc1ccccc1[N+](=O)[O-])Nc1cccc(CCC(=O)O)c1. The highest BCUT2D eigenvalue weighted by molar-refractivity contribution is 5.67. The highest BCUT2D eigenvalue weighted by Crippen LogP contribution is 2.21. The van der Waals surface area contributed by atoms with E-state index in [1.807, 2.05) is 37.3 Å². The molecule has 2 rings (SSSR count). The van der Waals surface area contributed by atoms with Crippen LogP contribution < -0.4 is 5.32 Å². The Kier molecular flexibility index (Phi) is 6.51. The molecule has 25 heavy (non-hydrogen) atoms. The molecule has 2 N–H and O–H groups in total. The van der Waals surface area contributed by atoms with Crippen molar-refractivity contribution in [2.24, 2.45) is 0 Å². The second-order valence-electron chi connectivity index (χ2n) is 6.06. The number of carbonyl (C=O) groups is 1. The van der Waals surface area contributed by atoms with Gasteiger partial charge in [0.25, 0.3) is 5.69 Å². The predicted molar refractivity (Wildman–Crippen MR) is 96.9 cm³/mol. The quantitative estimate of drug-likeness (QED) is 0.530. The van der Waals surface area contributed by atoms with Crippen molar-refractivity contribution in [1.29, 1.82) is 0 Å². The fraction of sp³-hybridized carbons (Fsp3) is 0.316. The normalized spacial score (nSPS) is 11.7. The molecule has 2 aromatic carbocycles. The smallest absolute Gasteiger partial charge is 0.303 e. The molecule has 132 valence electrons. The Morgan fingerprint density at radius 1 is 1.20 bits per heavy atom. The molecule has 6 nitrogen and oxygen atoms in total. The maximum absolute atomic E-state index is 11.1. The van der Waals surface area contributed by atoms with E-state index < -0.39 is 5.97 Å². The highest BCUT2D eigenvalue weighted by Gasteiger charge is 2.13. The molecule has 0 saturated carbocycles. The van der Waals surface area contributed by atoms with E-state index in [1.54, 1.807) is 12.1 Å². The molecule has 0 fully saturated rings. The number of nitro groups is 1. The van der Waals surface area contributed by atoms with Crippen molar-refractivity contribution in [2.75, 3.05) is 5.32 Å². The van der Waals surface area contributed by atoms with Gasteiger partial charge < -0.3 is 10.4 Å². The maximum atomic E-state index is 11.1. The number of carboxylic acids is 1. The van der Waals surface area contributed by atoms with Crippen LogP contribution in [0.5, 0.6) is 0 Å². The minimum atomic E-state index is -0.809. The number of benzene rings is 2. The van der Waals surface area contributed by atoms with Gasteiger partial charge in [0, 0.05) is 29.8 Å². The van der Waals surface area contributed by atoms with Gasteiger partial charge in [-0.1, -0.05) is 30.3 Å². The van der Waals surface area contributed by atoms with Crippen molar-refractivity contribution >= 4 is 17.3 Å². The average molecular weight is 342 g/mol.